The fourth-order valence-corrected chi connectivity index (χ4v) is 8.96. The zero-order chi connectivity index (χ0) is 16.3. The van der Waals surface area contributed by atoms with Crippen LogP contribution >= 0.6 is 11.6 Å². The van der Waals surface area contributed by atoms with Gasteiger partial charge in [-0.3, -0.25) is 0 Å². The molecule has 0 spiro atoms. The van der Waals surface area contributed by atoms with Crippen LogP contribution in [0.25, 0.3) is 0 Å². The van der Waals surface area contributed by atoms with Gasteiger partial charge in [0.2, 0.25) is 0 Å². The van der Waals surface area contributed by atoms with Gasteiger partial charge in [0, 0.05) is 12.0 Å². The lowest BCUT2D eigenvalue weighted by molar-refractivity contribution is 0.656. The van der Waals surface area contributed by atoms with Gasteiger partial charge in [0.25, 0.3) is 0 Å². The smallest absolute Gasteiger partial charge is 0.130 e. The molecule has 0 aromatic rings. The van der Waals surface area contributed by atoms with E-state index >= 15 is 0 Å². The van der Waals surface area contributed by atoms with Crippen LogP contribution in [-0.4, -0.2) is 8.07 Å². The Morgan fingerprint density at radius 3 is 1.86 bits per heavy atom. The molecule has 0 atom stereocenters. The molecule has 0 saturated heterocycles. The van der Waals surface area contributed by atoms with E-state index in [1.807, 2.05) is 6.08 Å². The maximum absolute atomic E-state index is 5.51. The Morgan fingerprint density at radius 2 is 1.38 bits per heavy atom. The minimum absolute atomic E-state index is 0.743. The summed E-state index contributed by atoms with van der Waals surface area (Å²) in [6.07, 6.45) is 9.31. The highest BCUT2D eigenvalue weighted by Gasteiger charge is 2.41. The Morgan fingerprint density at radius 1 is 0.857 bits per heavy atom. The van der Waals surface area contributed by atoms with E-state index in [0.29, 0.717) is 0 Å². The Hall–Kier alpha value is -0.193. The average Bonchev–Trinajstić information content (AvgIpc) is 2.39. The lowest BCUT2D eigenvalue weighted by Crippen LogP contribution is -2.43. The maximum atomic E-state index is 5.51. The Balaban J connectivity index is 4.31. The molecule has 0 fully saturated rings. The maximum Gasteiger partial charge on any atom is 0.145 e. The first kappa shape index (κ1) is 20.8. The molecule has 0 unspecified atom stereocenters. The second kappa shape index (κ2) is 11.4. The molecule has 0 saturated carbocycles. The average molecular weight is 327 g/mol. The number of unbranched alkanes of at least 4 members (excludes halogenated alkanes) is 5. The van der Waals surface area contributed by atoms with Crippen LogP contribution in [0.3, 0.4) is 0 Å². The lowest BCUT2D eigenvalue weighted by Gasteiger charge is -2.38. The number of hydrogen-bond donors (Lipinski definition) is 0. The first-order chi connectivity index (χ1) is 9.89. The van der Waals surface area contributed by atoms with Crippen molar-refractivity contribution in [2.24, 2.45) is 0 Å². The van der Waals surface area contributed by atoms with Gasteiger partial charge in [0.05, 0.1) is 0 Å². The van der Waals surface area contributed by atoms with Gasteiger partial charge in [-0.1, -0.05) is 72.1 Å². The van der Waals surface area contributed by atoms with E-state index in [1.54, 1.807) is 5.54 Å². The molecule has 0 bridgehead atoms. The fraction of sp³-hybridized carbons (Fsp3) is 0.789. The van der Waals surface area contributed by atoms with E-state index in [1.165, 1.54) is 25.7 Å². The highest BCUT2D eigenvalue weighted by atomic mass is 35.5. The highest BCUT2D eigenvalue weighted by Crippen LogP contribution is 2.40. The molecule has 122 valence electrons. The van der Waals surface area contributed by atoms with Crippen LogP contribution in [0.15, 0.2) is 11.6 Å². The monoisotopic (exact) mass is 326 g/mol. The molecule has 21 heavy (non-hydrogen) atoms. The summed E-state index contributed by atoms with van der Waals surface area (Å²) in [6, 6.07) is 0. The van der Waals surface area contributed by atoms with Crippen molar-refractivity contribution in [1.29, 1.82) is 0 Å². The molecule has 0 nitrogen and oxygen atoms in total. The van der Waals surface area contributed by atoms with Gasteiger partial charge in [0.1, 0.15) is 8.07 Å². The van der Waals surface area contributed by atoms with Crippen molar-refractivity contribution in [1.82, 2.24) is 0 Å². The summed E-state index contributed by atoms with van der Waals surface area (Å²) in [6.45, 7) is 14.3. The van der Waals surface area contributed by atoms with Crippen LogP contribution in [0.1, 0.15) is 80.1 Å². The van der Waals surface area contributed by atoms with Crippen molar-refractivity contribution in [3.8, 4) is 11.5 Å². The molecule has 0 aliphatic carbocycles. The van der Waals surface area contributed by atoms with E-state index in [-0.39, 0.29) is 0 Å². The largest absolute Gasteiger partial charge is 0.145 e. The molecule has 0 aromatic carbocycles. The zero-order valence-electron chi connectivity index (χ0n) is 15.0. The van der Waals surface area contributed by atoms with Gasteiger partial charge in [-0.2, -0.15) is 0 Å². The number of allylic oxidation sites excluding steroid dienone is 1. The topological polar surface area (TPSA) is 0 Å². The number of hydrogen-bond acceptors (Lipinski definition) is 0. The Bertz CT molecular complexity index is 323. The van der Waals surface area contributed by atoms with Crippen LogP contribution in [0.4, 0.5) is 0 Å². The number of halogens is 1. The van der Waals surface area contributed by atoms with E-state index < -0.39 is 8.07 Å². The summed E-state index contributed by atoms with van der Waals surface area (Å²) >= 11 is 5.51. The summed E-state index contributed by atoms with van der Waals surface area (Å²) in [4.78, 5) is 0. The van der Waals surface area contributed by atoms with Crippen molar-refractivity contribution >= 4 is 19.7 Å². The summed E-state index contributed by atoms with van der Waals surface area (Å²) in [5.74, 6) is 3.55. The standard InChI is InChI=1S/C19H35ClSi/c1-17(2)21(18(3)4,19(5)6)16-14-12-10-8-7-9-11-13-15-20/h13,15,17-19H,7-12H2,1-6H3/b15-13-. The summed E-state index contributed by atoms with van der Waals surface area (Å²) in [5, 5.41) is 0. The third-order valence-corrected chi connectivity index (χ3v) is 11.2. The van der Waals surface area contributed by atoms with E-state index in [4.69, 9.17) is 11.6 Å². The lowest BCUT2D eigenvalue weighted by atomic mass is 10.1. The second-order valence-corrected chi connectivity index (χ2v) is 12.8. The molecule has 0 rings (SSSR count). The first-order valence-corrected chi connectivity index (χ1v) is 11.3. The van der Waals surface area contributed by atoms with E-state index in [2.05, 4.69) is 53.0 Å². The minimum Gasteiger partial charge on any atom is -0.130 e. The molecule has 0 N–H and O–H groups in total. The van der Waals surface area contributed by atoms with Gasteiger partial charge < -0.3 is 0 Å². The summed E-state index contributed by atoms with van der Waals surface area (Å²) in [7, 11) is -1.50. The molecule has 2 heteroatoms. The molecular formula is C19H35ClSi. The summed E-state index contributed by atoms with van der Waals surface area (Å²) < 4.78 is 0. The first-order valence-electron chi connectivity index (χ1n) is 8.64. The quantitative estimate of drug-likeness (QED) is 0.237. The van der Waals surface area contributed by atoms with Crippen molar-refractivity contribution in [2.45, 2.75) is 96.7 Å². The van der Waals surface area contributed by atoms with Gasteiger partial charge in [-0.05, 0) is 35.9 Å². The van der Waals surface area contributed by atoms with Crippen molar-refractivity contribution in [3.05, 3.63) is 11.6 Å². The van der Waals surface area contributed by atoms with Crippen molar-refractivity contribution in [2.75, 3.05) is 0 Å². The Labute approximate surface area is 139 Å². The normalized spacial score (nSPS) is 12.5. The molecule has 0 aliphatic rings. The van der Waals surface area contributed by atoms with Gasteiger partial charge >= 0.3 is 0 Å². The molecule has 0 aromatic heterocycles. The van der Waals surface area contributed by atoms with Gasteiger partial charge in [-0.25, -0.2) is 0 Å². The van der Waals surface area contributed by atoms with Crippen LogP contribution in [0.5, 0.6) is 0 Å². The van der Waals surface area contributed by atoms with Gasteiger partial charge in [-0.15, -0.1) is 11.5 Å². The predicted molar refractivity (Wildman–Crippen MR) is 102 cm³/mol. The van der Waals surface area contributed by atoms with Crippen molar-refractivity contribution < 1.29 is 0 Å². The third-order valence-electron chi connectivity index (χ3n) is 4.68. The summed E-state index contributed by atoms with van der Waals surface area (Å²) in [5.41, 5.74) is 7.66. The molecule has 0 heterocycles. The molecular weight excluding hydrogens is 292 g/mol. The molecule has 0 radical (unpaired) electrons. The second-order valence-electron chi connectivity index (χ2n) is 7.01. The van der Waals surface area contributed by atoms with Crippen molar-refractivity contribution in [3.63, 3.8) is 0 Å². The Kier molecular flexibility index (Phi) is 11.3. The molecule has 0 amide bonds. The highest BCUT2D eigenvalue weighted by molar-refractivity contribution is 6.90. The predicted octanol–water partition coefficient (Wildman–Crippen LogP) is 7.30. The van der Waals surface area contributed by atoms with Crippen LogP contribution in [0.2, 0.25) is 16.6 Å². The van der Waals surface area contributed by atoms with Crippen LogP contribution in [-0.2, 0) is 0 Å². The van der Waals surface area contributed by atoms with E-state index in [9.17, 15) is 0 Å². The molecule has 0 aliphatic heterocycles. The van der Waals surface area contributed by atoms with E-state index in [0.717, 1.165) is 29.5 Å². The SMILES string of the molecule is CC(C)[Si](C#CCCCCCC/C=C\Cl)(C(C)C)C(C)C. The third kappa shape index (κ3) is 7.07. The fourth-order valence-electron chi connectivity index (χ4n) is 3.54. The minimum atomic E-state index is -1.50. The van der Waals surface area contributed by atoms with Crippen LogP contribution < -0.4 is 0 Å². The number of rotatable bonds is 9. The van der Waals surface area contributed by atoms with Gasteiger partial charge in [0.15, 0.2) is 0 Å². The van der Waals surface area contributed by atoms with Crippen LogP contribution in [0, 0.1) is 11.5 Å². The zero-order valence-corrected chi connectivity index (χ0v) is 16.8.